The molecule has 3 rings (SSSR count). The van der Waals surface area contributed by atoms with E-state index >= 15 is 0 Å². The molecule has 0 radical (unpaired) electrons. The lowest BCUT2D eigenvalue weighted by Crippen LogP contribution is -2.25. The fraction of sp³-hybridized carbons (Fsp3) is 0.462. The third-order valence-corrected chi connectivity index (χ3v) is 4.82. The van der Waals surface area contributed by atoms with Gasteiger partial charge in [-0.05, 0) is 25.0 Å². The lowest BCUT2D eigenvalue weighted by Gasteiger charge is -2.20. The number of ether oxygens (including phenoxy) is 1. The third kappa shape index (κ3) is 2.50. The van der Waals surface area contributed by atoms with Crippen molar-refractivity contribution in [2.75, 3.05) is 19.8 Å². The second kappa shape index (κ2) is 4.94. The number of nitrogens with one attached hydrogen (secondary N) is 1. The van der Waals surface area contributed by atoms with Crippen molar-refractivity contribution >= 4 is 15.9 Å². The highest BCUT2D eigenvalue weighted by molar-refractivity contribution is 7.90. The Bertz CT molecular complexity index is 604. The molecular formula is C13H16N2O3S. The molecule has 2 aliphatic heterocycles. The van der Waals surface area contributed by atoms with Crippen molar-refractivity contribution in [3.63, 3.8) is 0 Å². The van der Waals surface area contributed by atoms with E-state index in [0.29, 0.717) is 35.4 Å². The highest BCUT2D eigenvalue weighted by Gasteiger charge is 2.30. The first-order chi connectivity index (χ1) is 9.17. The average molecular weight is 280 g/mol. The molecule has 1 unspecified atom stereocenters. The number of hydrogen-bond donors (Lipinski definition) is 1. The third-order valence-electron chi connectivity index (χ3n) is 3.42. The molecule has 1 saturated heterocycles. The molecule has 0 aromatic heterocycles. The van der Waals surface area contributed by atoms with Crippen LogP contribution in [0.5, 0.6) is 0 Å². The molecule has 1 N–H and O–H groups in total. The van der Waals surface area contributed by atoms with Crippen LogP contribution >= 0.6 is 0 Å². The van der Waals surface area contributed by atoms with E-state index in [9.17, 15) is 8.42 Å². The van der Waals surface area contributed by atoms with E-state index in [1.54, 1.807) is 18.2 Å². The van der Waals surface area contributed by atoms with Crippen LogP contribution in [0.4, 0.5) is 0 Å². The van der Waals surface area contributed by atoms with E-state index in [1.807, 2.05) is 6.07 Å². The maximum absolute atomic E-state index is 11.9. The lowest BCUT2D eigenvalue weighted by atomic mass is 10.0. The van der Waals surface area contributed by atoms with Gasteiger partial charge in [-0.2, -0.15) is 0 Å². The van der Waals surface area contributed by atoms with Crippen LogP contribution < -0.4 is 4.72 Å². The van der Waals surface area contributed by atoms with Gasteiger partial charge in [0.15, 0.2) is 0 Å². The quantitative estimate of drug-likeness (QED) is 0.883. The predicted molar refractivity (Wildman–Crippen MR) is 71.7 cm³/mol. The van der Waals surface area contributed by atoms with E-state index in [-0.39, 0.29) is 0 Å². The Morgan fingerprint density at radius 3 is 3.00 bits per heavy atom. The first kappa shape index (κ1) is 12.6. The van der Waals surface area contributed by atoms with Crippen LogP contribution in [0.15, 0.2) is 34.2 Å². The summed E-state index contributed by atoms with van der Waals surface area (Å²) in [7, 11) is -3.42. The zero-order valence-electron chi connectivity index (χ0n) is 10.5. The molecular weight excluding hydrogens is 264 g/mol. The van der Waals surface area contributed by atoms with Crippen LogP contribution in [-0.2, 0) is 14.8 Å². The van der Waals surface area contributed by atoms with E-state index in [4.69, 9.17) is 4.74 Å². The van der Waals surface area contributed by atoms with Crippen molar-refractivity contribution in [3.8, 4) is 0 Å². The first-order valence-electron chi connectivity index (χ1n) is 6.41. The van der Waals surface area contributed by atoms with Crippen LogP contribution in [0.1, 0.15) is 18.4 Å². The normalized spacial score (nSPS) is 26.9. The predicted octanol–water partition coefficient (Wildman–Crippen LogP) is 1.15. The minimum absolute atomic E-state index is 0.314. The highest BCUT2D eigenvalue weighted by atomic mass is 32.2. The van der Waals surface area contributed by atoms with E-state index < -0.39 is 10.0 Å². The monoisotopic (exact) mass is 280 g/mol. The van der Waals surface area contributed by atoms with E-state index in [0.717, 1.165) is 19.4 Å². The van der Waals surface area contributed by atoms with Crippen LogP contribution in [0.25, 0.3) is 0 Å². The van der Waals surface area contributed by atoms with Crippen LogP contribution in [0, 0.1) is 5.92 Å². The molecule has 1 aromatic carbocycles. The van der Waals surface area contributed by atoms with Gasteiger partial charge in [-0.3, -0.25) is 9.71 Å². The Morgan fingerprint density at radius 2 is 2.21 bits per heavy atom. The maximum atomic E-state index is 11.9. The van der Waals surface area contributed by atoms with E-state index in [2.05, 4.69) is 9.71 Å². The van der Waals surface area contributed by atoms with Gasteiger partial charge in [0.25, 0.3) is 10.0 Å². The zero-order chi connectivity index (χ0) is 13.3. The molecule has 1 fully saturated rings. The van der Waals surface area contributed by atoms with Crippen LogP contribution in [-0.4, -0.2) is 34.0 Å². The molecule has 6 heteroatoms. The number of hydrogen-bond acceptors (Lipinski definition) is 4. The summed E-state index contributed by atoms with van der Waals surface area (Å²) in [6.45, 7) is 2.14. The standard InChI is InChI=1S/C13H16N2O3S/c16-19(17)12-6-2-1-5-11(12)13(15-19)14-8-10-4-3-7-18-9-10/h1-2,5-6,10H,3-4,7-9H2,(H,14,15). The Labute approximate surface area is 112 Å². The van der Waals surface area contributed by atoms with Crippen LogP contribution in [0.3, 0.4) is 0 Å². The summed E-state index contributed by atoms with van der Waals surface area (Å²) in [5, 5.41) is 0. The molecule has 19 heavy (non-hydrogen) atoms. The number of sulfonamides is 1. The summed E-state index contributed by atoms with van der Waals surface area (Å²) >= 11 is 0. The largest absolute Gasteiger partial charge is 0.381 e. The number of nitrogens with zero attached hydrogens (tertiary/aromatic N) is 1. The summed E-state index contributed by atoms with van der Waals surface area (Å²) in [4.78, 5) is 4.74. The molecule has 0 bridgehead atoms. The highest BCUT2D eigenvalue weighted by Crippen LogP contribution is 2.23. The fourth-order valence-electron chi connectivity index (χ4n) is 2.42. The molecule has 0 aliphatic carbocycles. The van der Waals surface area contributed by atoms with Gasteiger partial charge in [0.1, 0.15) is 5.84 Å². The van der Waals surface area contributed by atoms with Gasteiger partial charge in [-0.15, -0.1) is 0 Å². The Balaban J connectivity index is 1.83. The molecule has 2 heterocycles. The fourth-order valence-corrected chi connectivity index (χ4v) is 3.67. The van der Waals surface area contributed by atoms with Crippen molar-refractivity contribution in [2.24, 2.45) is 10.9 Å². The number of rotatable bonds is 2. The van der Waals surface area contributed by atoms with Gasteiger partial charge >= 0.3 is 0 Å². The second-order valence-corrected chi connectivity index (χ2v) is 6.52. The van der Waals surface area contributed by atoms with Crippen molar-refractivity contribution in [3.05, 3.63) is 29.8 Å². The summed E-state index contributed by atoms with van der Waals surface area (Å²) < 4.78 is 31.7. The van der Waals surface area contributed by atoms with E-state index in [1.165, 1.54) is 0 Å². The van der Waals surface area contributed by atoms with Gasteiger partial charge in [0.05, 0.1) is 11.5 Å². The number of benzene rings is 1. The summed E-state index contributed by atoms with van der Waals surface area (Å²) in [6, 6.07) is 6.92. The topological polar surface area (TPSA) is 67.8 Å². The Hall–Kier alpha value is -1.40. The van der Waals surface area contributed by atoms with Crippen LogP contribution in [0.2, 0.25) is 0 Å². The molecule has 1 aromatic rings. The number of aliphatic imine (C=N–C) groups is 1. The molecule has 5 nitrogen and oxygen atoms in total. The summed E-state index contributed by atoms with van der Waals surface area (Å²) in [5.41, 5.74) is 0.666. The van der Waals surface area contributed by atoms with Gasteiger partial charge < -0.3 is 4.74 Å². The Kier molecular flexibility index (Phi) is 3.28. The van der Waals surface area contributed by atoms with Gasteiger partial charge in [-0.1, -0.05) is 12.1 Å². The molecule has 0 saturated carbocycles. The van der Waals surface area contributed by atoms with Crippen molar-refractivity contribution < 1.29 is 13.2 Å². The smallest absolute Gasteiger partial charge is 0.263 e. The summed E-state index contributed by atoms with van der Waals surface area (Å²) in [5.74, 6) is 0.847. The minimum atomic E-state index is -3.42. The molecule has 2 aliphatic rings. The lowest BCUT2D eigenvalue weighted by molar-refractivity contribution is 0.0582. The number of amidine groups is 1. The van der Waals surface area contributed by atoms with Gasteiger partial charge in [0, 0.05) is 24.6 Å². The molecule has 1 atom stereocenters. The summed E-state index contributed by atoms with van der Waals surface area (Å²) in [6.07, 6.45) is 2.14. The number of fused-ring (bicyclic) bond motifs is 1. The average Bonchev–Trinajstić information content (AvgIpc) is 2.70. The van der Waals surface area contributed by atoms with Crippen molar-refractivity contribution in [2.45, 2.75) is 17.7 Å². The molecule has 102 valence electrons. The van der Waals surface area contributed by atoms with Crippen molar-refractivity contribution in [1.29, 1.82) is 0 Å². The van der Waals surface area contributed by atoms with Crippen molar-refractivity contribution in [1.82, 2.24) is 4.72 Å². The zero-order valence-corrected chi connectivity index (χ0v) is 11.3. The van der Waals surface area contributed by atoms with Gasteiger partial charge in [-0.25, -0.2) is 8.42 Å². The SMILES string of the molecule is O=S1(=O)NC(=NCC2CCCOC2)c2ccccc21. The first-order valence-corrected chi connectivity index (χ1v) is 7.89. The molecule has 0 amide bonds. The van der Waals surface area contributed by atoms with Gasteiger partial charge in [0.2, 0.25) is 0 Å². The maximum Gasteiger partial charge on any atom is 0.263 e. The minimum Gasteiger partial charge on any atom is -0.381 e. The second-order valence-electron chi connectivity index (χ2n) is 4.87. The molecule has 0 spiro atoms. The Morgan fingerprint density at radius 1 is 1.37 bits per heavy atom.